The Morgan fingerprint density at radius 2 is 2.08 bits per heavy atom. The smallest absolute Gasteiger partial charge is 0.325 e. The number of carbonyl (C=O) groups is 3. The maximum atomic E-state index is 12.4. The van der Waals surface area contributed by atoms with Gasteiger partial charge in [-0.15, -0.1) is 0 Å². The van der Waals surface area contributed by atoms with E-state index in [1.165, 1.54) is 5.56 Å². The molecule has 1 saturated carbocycles. The zero-order chi connectivity index (χ0) is 17.4. The second-order valence-corrected chi connectivity index (χ2v) is 6.87. The summed E-state index contributed by atoms with van der Waals surface area (Å²) in [4.78, 5) is 36.5. The third-order valence-corrected chi connectivity index (χ3v) is 5.41. The van der Waals surface area contributed by atoms with E-state index in [-0.39, 0.29) is 43.0 Å². The number of amides is 4. The minimum absolute atomic E-state index is 0.0287. The molecule has 2 saturated heterocycles. The maximum Gasteiger partial charge on any atom is 0.325 e. The standard InChI is InChI=1S/C18H21N3O4/c22-14(10-21-15(23)9-19-18(21)24)20-16-12-6-7-25-17(12)13(16)8-11-4-2-1-3-5-11/h1-5,12-13,16-17H,6-10H2,(H,19,24)(H,20,22)/t12-,13+,16-,17-/m0/s1. The molecule has 0 aromatic heterocycles. The zero-order valence-corrected chi connectivity index (χ0v) is 13.8. The Morgan fingerprint density at radius 1 is 1.28 bits per heavy atom. The van der Waals surface area contributed by atoms with Crippen LogP contribution in [0.2, 0.25) is 0 Å². The van der Waals surface area contributed by atoms with Crippen LogP contribution in [-0.4, -0.2) is 54.6 Å². The van der Waals surface area contributed by atoms with E-state index in [0.717, 1.165) is 24.3 Å². The highest BCUT2D eigenvalue weighted by Crippen LogP contribution is 2.45. The van der Waals surface area contributed by atoms with Gasteiger partial charge in [-0.1, -0.05) is 30.3 Å². The number of ether oxygens (including phenoxy) is 1. The van der Waals surface area contributed by atoms with Gasteiger partial charge in [0.05, 0.1) is 12.6 Å². The van der Waals surface area contributed by atoms with Crippen LogP contribution in [0.3, 0.4) is 0 Å². The average molecular weight is 343 g/mol. The number of benzene rings is 1. The first-order valence-corrected chi connectivity index (χ1v) is 8.66. The first kappa shape index (κ1) is 16.1. The molecule has 0 unspecified atom stereocenters. The van der Waals surface area contributed by atoms with Gasteiger partial charge >= 0.3 is 6.03 Å². The molecule has 7 nitrogen and oxygen atoms in total. The Kier molecular flexibility index (Phi) is 4.17. The van der Waals surface area contributed by atoms with Crippen LogP contribution in [0.4, 0.5) is 4.79 Å². The lowest BCUT2D eigenvalue weighted by Crippen LogP contribution is -2.63. The number of fused-ring (bicyclic) bond motifs is 1. The average Bonchev–Trinajstić information content (AvgIpc) is 3.18. The summed E-state index contributed by atoms with van der Waals surface area (Å²) < 4.78 is 5.84. The Hall–Kier alpha value is -2.41. The van der Waals surface area contributed by atoms with Gasteiger partial charge in [0.15, 0.2) is 0 Å². The second-order valence-electron chi connectivity index (χ2n) is 6.87. The summed E-state index contributed by atoms with van der Waals surface area (Å²) in [6.45, 7) is 0.461. The molecule has 4 amide bonds. The normalized spacial score (nSPS) is 30.6. The topological polar surface area (TPSA) is 87.7 Å². The fourth-order valence-corrected chi connectivity index (χ4v) is 4.16. The second kappa shape index (κ2) is 6.48. The summed E-state index contributed by atoms with van der Waals surface area (Å²) in [5.41, 5.74) is 1.22. The molecule has 2 N–H and O–H groups in total. The Bertz CT molecular complexity index is 677. The molecule has 4 atom stereocenters. The number of carbonyl (C=O) groups excluding carboxylic acids is 3. The summed E-state index contributed by atoms with van der Waals surface area (Å²) in [5.74, 6) is -0.113. The van der Waals surface area contributed by atoms with Crippen molar-refractivity contribution < 1.29 is 19.1 Å². The van der Waals surface area contributed by atoms with Crippen molar-refractivity contribution in [2.45, 2.75) is 25.0 Å². The molecule has 0 spiro atoms. The van der Waals surface area contributed by atoms with Crippen LogP contribution < -0.4 is 10.6 Å². The monoisotopic (exact) mass is 343 g/mol. The molecule has 1 aliphatic carbocycles. The summed E-state index contributed by atoms with van der Waals surface area (Å²) in [5, 5.41) is 5.46. The van der Waals surface area contributed by atoms with E-state index in [1.807, 2.05) is 18.2 Å². The van der Waals surface area contributed by atoms with Gasteiger partial charge in [0.2, 0.25) is 5.91 Å². The first-order chi connectivity index (χ1) is 12.1. The van der Waals surface area contributed by atoms with Gasteiger partial charge in [0.1, 0.15) is 6.54 Å². The highest BCUT2D eigenvalue weighted by Gasteiger charge is 2.54. The van der Waals surface area contributed by atoms with Crippen LogP contribution in [-0.2, 0) is 20.7 Å². The molecule has 25 heavy (non-hydrogen) atoms. The number of rotatable bonds is 5. The van der Waals surface area contributed by atoms with Crippen molar-refractivity contribution >= 4 is 17.8 Å². The molecule has 1 aromatic rings. The third-order valence-electron chi connectivity index (χ3n) is 5.41. The fraction of sp³-hybridized carbons (Fsp3) is 0.500. The molecule has 0 bridgehead atoms. The lowest BCUT2D eigenvalue weighted by Gasteiger charge is -2.48. The number of urea groups is 1. The quantitative estimate of drug-likeness (QED) is 0.753. The van der Waals surface area contributed by atoms with Crippen LogP contribution >= 0.6 is 0 Å². The van der Waals surface area contributed by atoms with Crippen LogP contribution in [0.1, 0.15) is 12.0 Å². The van der Waals surface area contributed by atoms with Crippen molar-refractivity contribution in [3.63, 3.8) is 0 Å². The van der Waals surface area contributed by atoms with E-state index in [1.54, 1.807) is 0 Å². The van der Waals surface area contributed by atoms with Gasteiger partial charge < -0.3 is 15.4 Å². The highest BCUT2D eigenvalue weighted by molar-refractivity contribution is 6.04. The Balaban J connectivity index is 1.40. The minimum Gasteiger partial charge on any atom is -0.377 e. The van der Waals surface area contributed by atoms with Crippen molar-refractivity contribution in [3.05, 3.63) is 35.9 Å². The molecule has 4 rings (SSSR count). The van der Waals surface area contributed by atoms with Crippen LogP contribution in [0.15, 0.2) is 30.3 Å². The zero-order valence-electron chi connectivity index (χ0n) is 13.8. The molecule has 2 aliphatic heterocycles. The van der Waals surface area contributed by atoms with Gasteiger partial charge in [-0.2, -0.15) is 0 Å². The molecule has 3 aliphatic rings. The maximum absolute atomic E-state index is 12.4. The molecule has 3 fully saturated rings. The molecular weight excluding hydrogens is 322 g/mol. The third kappa shape index (κ3) is 3.00. The molecule has 0 radical (unpaired) electrons. The number of imide groups is 1. The van der Waals surface area contributed by atoms with Crippen LogP contribution in [0.25, 0.3) is 0 Å². The Morgan fingerprint density at radius 3 is 2.80 bits per heavy atom. The number of hydrogen-bond acceptors (Lipinski definition) is 4. The first-order valence-electron chi connectivity index (χ1n) is 8.66. The van der Waals surface area contributed by atoms with Crippen molar-refractivity contribution in [1.82, 2.24) is 15.5 Å². The van der Waals surface area contributed by atoms with Gasteiger partial charge in [0.25, 0.3) is 5.91 Å². The number of nitrogens with one attached hydrogen (secondary N) is 2. The van der Waals surface area contributed by atoms with E-state index >= 15 is 0 Å². The molecular formula is C18H21N3O4. The van der Waals surface area contributed by atoms with E-state index in [2.05, 4.69) is 22.8 Å². The van der Waals surface area contributed by atoms with Gasteiger partial charge in [-0.25, -0.2) is 4.79 Å². The van der Waals surface area contributed by atoms with Crippen molar-refractivity contribution in [2.24, 2.45) is 11.8 Å². The predicted octanol–water partition coefficient (Wildman–Crippen LogP) is 0.301. The van der Waals surface area contributed by atoms with Crippen LogP contribution in [0.5, 0.6) is 0 Å². The summed E-state index contributed by atoms with van der Waals surface area (Å²) in [7, 11) is 0. The highest BCUT2D eigenvalue weighted by atomic mass is 16.5. The van der Waals surface area contributed by atoms with Gasteiger partial charge in [-0.05, 0) is 18.4 Å². The van der Waals surface area contributed by atoms with E-state index in [4.69, 9.17) is 4.74 Å². The summed E-state index contributed by atoms with van der Waals surface area (Å²) in [6.07, 6.45) is 1.96. The van der Waals surface area contributed by atoms with E-state index < -0.39 is 6.03 Å². The largest absolute Gasteiger partial charge is 0.377 e. The van der Waals surface area contributed by atoms with E-state index in [9.17, 15) is 14.4 Å². The lowest BCUT2D eigenvalue weighted by molar-refractivity contribution is -0.133. The predicted molar refractivity (Wildman–Crippen MR) is 88.5 cm³/mol. The van der Waals surface area contributed by atoms with Gasteiger partial charge in [-0.3, -0.25) is 14.5 Å². The molecule has 1 aromatic carbocycles. The fourth-order valence-electron chi connectivity index (χ4n) is 4.16. The number of hydrogen-bond donors (Lipinski definition) is 2. The molecule has 7 heteroatoms. The van der Waals surface area contributed by atoms with Gasteiger partial charge in [0, 0.05) is 24.5 Å². The van der Waals surface area contributed by atoms with Crippen LogP contribution in [0, 0.1) is 11.8 Å². The number of nitrogens with zero attached hydrogens (tertiary/aromatic N) is 1. The summed E-state index contributed by atoms with van der Waals surface area (Å²) in [6, 6.07) is 9.68. The molecule has 2 heterocycles. The van der Waals surface area contributed by atoms with Crippen molar-refractivity contribution in [3.8, 4) is 0 Å². The Labute approximate surface area is 145 Å². The van der Waals surface area contributed by atoms with E-state index in [0.29, 0.717) is 5.92 Å². The molecule has 132 valence electrons. The van der Waals surface area contributed by atoms with Crippen molar-refractivity contribution in [1.29, 1.82) is 0 Å². The minimum atomic E-state index is -0.503. The SMILES string of the molecule is O=C(CN1C(=O)CNC1=O)N[C@@H]1[C@@H](Cc2ccccc2)[C@H]2OCC[C@@H]12. The lowest BCUT2D eigenvalue weighted by atomic mass is 9.64. The van der Waals surface area contributed by atoms with Crippen molar-refractivity contribution in [2.75, 3.05) is 19.7 Å². The summed E-state index contributed by atoms with van der Waals surface area (Å²) >= 11 is 0.